The largest absolute Gasteiger partial charge is 0.272 e. The van der Waals surface area contributed by atoms with Crippen molar-refractivity contribution in [2.75, 3.05) is 0 Å². The smallest absolute Gasteiger partial charge is 0.258 e. The second-order valence-corrected chi connectivity index (χ2v) is 2.92. The Kier molecular flexibility index (Phi) is 2.60. The van der Waals surface area contributed by atoms with Gasteiger partial charge in [0.15, 0.2) is 0 Å². The lowest BCUT2D eigenvalue weighted by Crippen LogP contribution is -1.95. The summed E-state index contributed by atoms with van der Waals surface area (Å²) >= 11 is 0. The molecule has 4 heteroatoms. The summed E-state index contributed by atoms with van der Waals surface area (Å²) in [5.41, 5.74) is 1.93. The molecular weight excluding hydrogens is 170 g/mol. The molecule has 0 aliphatic rings. The molecule has 0 bridgehead atoms. The molecule has 0 fully saturated rings. The van der Waals surface area contributed by atoms with Crippen LogP contribution in [0, 0.1) is 17.0 Å². The van der Waals surface area contributed by atoms with E-state index in [-0.39, 0.29) is 10.6 Å². The van der Waals surface area contributed by atoms with Crippen LogP contribution in [-0.4, -0.2) is 15.2 Å². The topological polar surface area (TPSA) is 43.1 Å². The maximum atomic E-state index is 10.5. The van der Waals surface area contributed by atoms with Gasteiger partial charge in [-0.25, -0.2) is 0 Å². The highest BCUT2D eigenvalue weighted by molar-refractivity contribution is 6.08. The van der Waals surface area contributed by atoms with Gasteiger partial charge in [0.1, 0.15) is 0 Å². The standard InChI is InChI=1S/C8H8NO2Si/c1-6-2-3-8(9(10)11)7(4-6)5-12/h2-4H,5H2,1H3. The molecule has 61 valence electrons. The number of nitro benzene ring substituents is 1. The Morgan fingerprint density at radius 1 is 1.58 bits per heavy atom. The minimum atomic E-state index is -0.366. The molecule has 1 aromatic carbocycles. The van der Waals surface area contributed by atoms with E-state index >= 15 is 0 Å². The van der Waals surface area contributed by atoms with Gasteiger partial charge in [0.2, 0.25) is 0 Å². The van der Waals surface area contributed by atoms with Crippen LogP contribution in [0.3, 0.4) is 0 Å². The molecule has 0 heterocycles. The second-order valence-electron chi connectivity index (χ2n) is 2.57. The SMILES string of the molecule is Cc1ccc([N+](=O)[O-])c(C[Si])c1. The van der Waals surface area contributed by atoms with Gasteiger partial charge in [-0.2, -0.15) is 0 Å². The van der Waals surface area contributed by atoms with E-state index in [1.807, 2.05) is 13.0 Å². The lowest BCUT2D eigenvalue weighted by molar-refractivity contribution is -0.385. The van der Waals surface area contributed by atoms with Crippen LogP contribution in [0.25, 0.3) is 0 Å². The molecule has 0 spiro atoms. The van der Waals surface area contributed by atoms with E-state index in [1.165, 1.54) is 6.07 Å². The number of benzene rings is 1. The van der Waals surface area contributed by atoms with Crippen LogP contribution in [0.1, 0.15) is 11.1 Å². The number of nitro groups is 1. The molecular formula is C8H8NO2Si. The van der Waals surface area contributed by atoms with Crippen molar-refractivity contribution >= 4 is 15.9 Å². The fraction of sp³-hybridized carbons (Fsp3) is 0.250. The molecule has 3 nitrogen and oxygen atoms in total. The van der Waals surface area contributed by atoms with Crippen molar-refractivity contribution in [1.82, 2.24) is 0 Å². The molecule has 1 aromatic rings. The summed E-state index contributed by atoms with van der Waals surface area (Å²) in [5.74, 6) is 0. The maximum absolute atomic E-state index is 10.5. The quantitative estimate of drug-likeness (QED) is 0.392. The van der Waals surface area contributed by atoms with Gasteiger partial charge in [0.25, 0.3) is 5.69 Å². The van der Waals surface area contributed by atoms with Crippen LogP contribution in [0.2, 0.25) is 0 Å². The number of hydrogen-bond donors (Lipinski definition) is 0. The maximum Gasteiger partial charge on any atom is 0.272 e. The molecule has 0 aromatic heterocycles. The van der Waals surface area contributed by atoms with Gasteiger partial charge in [0, 0.05) is 21.9 Å². The Balaban J connectivity index is 3.20. The first kappa shape index (κ1) is 8.93. The summed E-state index contributed by atoms with van der Waals surface area (Å²) in [6, 6.07) is 5.59. The van der Waals surface area contributed by atoms with Gasteiger partial charge < -0.3 is 0 Å². The summed E-state index contributed by atoms with van der Waals surface area (Å²) in [6.45, 7) is 1.91. The molecule has 0 atom stereocenters. The first-order chi connectivity index (χ1) is 5.65. The lowest BCUT2D eigenvalue weighted by Gasteiger charge is -1.99. The van der Waals surface area contributed by atoms with Gasteiger partial charge in [0.05, 0.1) is 4.92 Å². The highest BCUT2D eigenvalue weighted by Crippen LogP contribution is 2.19. The number of rotatable bonds is 2. The molecule has 0 aliphatic heterocycles. The van der Waals surface area contributed by atoms with Gasteiger partial charge in [-0.15, -0.1) is 0 Å². The molecule has 1 rings (SSSR count). The van der Waals surface area contributed by atoms with E-state index in [4.69, 9.17) is 0 Å². The summed E-state index contributed by atoms with van der Waals surface area (Å²) in [7, 11) is 3.25. The third kappa shape index (κ3) is 1.71. The fourth-order valence-electron chi connectivity index (χ4n) is 1.03. The fourth-order valence-corrected chi connectivity index (χ4v) is 1.32. The Bertz CT molecular complexity index is 312. The normalized spacial score (nSPS) is 9.83. The summed E-state index contributed by atoms with van der Waals surface area (Å²) in [5, 5.41) is 10.5. The molecule has 3 radical (unpaired) electrons. The van der Waals surface area contributed by atoms with Crippen molar-refractivity contribution in [2.45, 2.75) is 13.0 Å². The zero-order valence-electron chi connectivity index (χ0n) is 6.70. The summed E-state index contributed by atoms with van der Waals surface area (Å²) < 4.78 is 0. The lowest BCUT2D eigenvalue weighted by atomic mass is 10.1. The Hall–Kier alpha value is -1.16. The van der Waals surface area contributed by atoms with Crippen molar-refractivity contribution in [1.29, 1.82) is 0 Å². The van der Waals surface area contributed by atoms with E-state index in [9.17, 15) is 10.1 Å². The van der Waals surface area contributed by atoms with E-state index in [1.54, 1.807) is 6.07 Å². The van der Waals surface area contributed by atoms with Gasteiger partial charge in [-0.3, -0.25) is 10.1 Å². The zero-order valence-corrected chi connectivity index (χ0v) is 7.70. The minimum Gasteiger partial charge on any atom is -0.258 e. The van der Waals surface area contributed by atoms with Crippen LogP contribution in [0.5, 0.6) is 0 Å². The minimum absolute atomic E-state index is 0.176. The molecule has 0 aliphatic carbocycles. The van der Waals surface area contributed by atoms with Gasteiger partial charge in [-0.05, 0) is 19.0 Å². The van der Waals surface area contributed by atoms with Crippen LogP contribution < -0.4 is 0 Å². The second kappa shape index (κ2) is 3.49. The summed E-state index contributed by atoms with van der Waals surface area (Å²) in [6.07, 6.45) is 0. The summed E-state index contributed by atoms with van der Waals surface area (Å²) in [4.78, 5) is 10.1. The van der Waals surface area contributed by atoms with E-state index < -0.39 is 0 Å². The van der Waals surface area contributed by atoms with Crippen molar-refractivity contribution in [3.8, 4) is 0 Å². The number of hydrogen-bond acceptors (Lipinski definition) is 2. The molecule has 0 amide bonds. The highest BCUT2D eigenvalue weighted by Gasteiger charge is 2.10. The van der Waals surface area contributed by atoms with Crippen molar-refractivity contribution in [2.24, 2.45) is 0 Å². The van der Waals surface area contributed by atoms with Crippen molar-refractivity contribution in [3.63, 3.8) is 0 Å². The number of aryl methyl sites for hydroxylation is 1. The predicted molar refractivity (Wildman–Crippen MR) is 47.3 cm³/mol. The van der Waals surface area contributed by atoms with Crippen molar-refractivity contribution < 1.29 is 4.92 Å². The molecule has 0 saturated carbocycles. The van der Waals surface area contributed by atoms with E-state index in [2.05, 4.69) is 10.2 Å². The molecule has 0 unspecified atom stereocenters. The van der Waals surface area contributed by atoms with E-state index in [0.717, 1.165) is 11.1 Å². The molecule has 12 heavy (non-hydrogen) atoms. The van der Waals surface area contributed by atoms with E-state index in [0.29, 0.717) is 6.04 Å². The zero-order chi connectivity index (χ0) is 9.14. The van der Waals surface area contributed by atoms with Crippen LogP contribution in [0.15, 0.2) is 18.2 Å². The first-order valence-corrected chi connectivity index (χ1v) is 4.24. The predicted octanol–water partition coefficient (Wildman–Crippen LogP) is 1.57. The monoisotopic (exact) mass is 178 g/mol. The van der Waals surface area contributed by atoms with Crippen LogP contribution in [0.4, 0.5) is 5.69 Å². The first-order valence-electron chi connectivity index (χ1n) is 3.53. The third-order valence-corrected chi connectivity index (χ3v) is 2.00. The molecule has 0 N–H and O–H groups in total. The van der Waals surface area contributed by atoms with Crippen molar-refractivity contribution in [3.05, 3.63) is 39.4 Å². The van der Waals surface area contributed by atoms with Crippen LogP contribution in [-0.2, 0) is 6.04 Å². The number of nitrogens with zero attached hydrogens (tertiary/aromatic N) is 1. The Labute approximate surface area is 74.0 Å². The highest BCUT2D eigenvalue weighted by atomic mass is 28.1. The third-order valence-electron chi connectivity index (χ3n) is 1.62. The Morgan fingerprint density at radius 3 is 2.75 bits per heavy atom. The average Bonchev–Trinajstić information content (AvgIpc) is 2.03. The van der Waals surface area contributed by atoms with Crippen LogP contribution >= 0.6 is 0 Å². The average molecular weight is 178 g/mol. The van der Waals surface area contributed by atoms with Gasteiger partial charge in [-0.1, -0.05) is 11.6 Å². The van der Waals surface area contributed by atoms with Gasteiger partial charge >= 0.3 is 0 Å². The Morgan fingerprint density at radius 2 is 2.25 bits per heavy atom. The molecule has 0 saturated heterocycles.